The summed E-state index contributed by atoms with van der Waals surface area (Å²) >= 11 is 0. The van der Waals surface area contributed by atoms with Gasteiger partial charge in [-0.25, -0.2) is 4.79 Å². The van der Waals surface area contributed by atoms with E-state index in [2.05, 4.69) is 5.10 Å². The highest BCUT2D eigenvalue weighted by Crippen LogP contribution is 2.27. The van der Waals surface area contributed by atoms with E-state index >= 15 is 0 Å². The minimum absolute atomic E-state index is 0.0433. The van der Waals surface area contributed by atoms with Crippen LogP contribution in [-0.2, 0) is 11.3 Å². The highest BCUT2D eigenvalue weighted by molar-refractivity contribution is 5.25. The molecule has 25 heavy (non-hydrogen) atoms. The van der Waals surface area contributed by atoms with Crippen LogP contribution in [0.15, 0.2) is 40.1 Å². The summed E-state index contributed by atoms with van der Waals surface area (Å²) in [6.45, 7) is 1.39. The Morgan fingerprint density at radius 2 is 1.92 bits per heavy atom. The Morgan fingerprint density at radius 1 is 1.20 bits per heavy atom. The van der Waals surface area contributed by atoms with Crippen LogP contribution < -0.4 is 11.2 Å². The Morgan fingerprint density at radius 3 is 2.56 bits per heavy atom. The van der Waals surface area contributed by atoms with Crippen LogP contribution in [-0.4, -0.2) is 54.6 Å². The van der Waals surface area contributed by atoms with Crippen molar-refractivity contribution in [2.24, 2.45) is 0 Å². The lowest BCUT2D eigenvalue weighted by Gasteiger charge is -2.17. The van der Waals surface area contributed by atoms with Crippen molar-refractivity contribution in [3.05, 3.63) is 62.4 Å². The second-order valence-electron chi connectivity index (χ2n) is 5.95. The van der Waals surface area contributed by atoms with Gasteiger partial charge in [-0.15, -0.1) is 0 Å². The number of hydrogen-bond acceptors (Lipinski definition) is 7. The lowest BCUT2D eigenvalue weighted by atomic mass is 10.1. The van der Waals surface area contributed by atoms with Crippen LogP contribution in [0.2, 0.25) is 0 Å². The van der Waals surface area contributed by atoms with Crippen LogP contribution >= 0.6 is 0 Å². The molecule has 0 spiro atoms. The van der Waals surface area contributed by atoms with Crippen molar-refractivity contribution in [3.63, 3.8) is 0 Å². The predicted molar refractivity (Wildman–Crippen MR) is 86.0 cm³/mol. The molecule has 3 rings (SSSR count). The Balaban J connectivity index is 2.00. The van der Waals surface area contributed by atoms with E-state index in [1.165, 1.54) is 0 Å². The van der Waals surface area contributed by atoms with E-state index in [1.807, 2.05) is 19.1 Å². The molecule has 1 saturated heterocycles. The average molecular weight is 349 g/mol. The van der Waals surface area contributed by atoms with Gasteiger partial charge in [-0.05, 0) is 18.1 Å². The summed E-state index contributed by atoms with van der Waals surface area (Å²) in [6.07, 6.45) is -4.19. The molecule has 1 aliphatic heterocycles. The van der Waals surface area contributed by atoms with Gasteiger partial charge in [0.1, 0.15) is 24.5 Å². The molecular formula is C16H19N3O6. The SMILES string of the molecule is Cc1ccccc1Cn1c(=O)cnn([C@@H]2O[C@H](CO)[C@@H](O)[C@H]2O)c1=O. The van der Waals surface area contributed by atoms with Gasteiger partial charge in [0.05, 0.1) is 13.2 Å². The second kappa shape index (κ2) is 6.89. The number of hydrogen-bond donors (Lipinski definition) is 3. The molecule has 1 aromatic heterocycles. The second-order valence-corrected chi connectivity index (χ2v) is 5.95. The number of aryl methyl sites for hydroxylation is 1. The number of aliphatic hydroxyl groups excluding tert-OH is 3. The van der Waals surface area contributed by atoms with Crippen LogP contribution in [0.3, 0.4) is 0 Å². The molecular weight excluding hydrogens is 330 g/mol. The van der Waals surface area contributed by atoms with Crippen molar-refractivity contribution in [2.45, 2.75) is 38.0 Å². The Labute approximate surface area is 142 Å². The van der Waals surface area contributed by atoms with Crippen molar-refractivity contribution < 1.29 is 20.1 Å². The zero-order valence-corrected chi connectivity index (χ0v) is 13.5. The molecule has 0 radical (unpaired) electrons. The number of ether oxygens (including phenoxy) is 1. The summed E-state index contributed by atoms with van der Waals surface area (Å²) < 4.78 is 7.09. The van der Waals surface area contributed by atoms with Gasteiger partial charge in [-0.3, -0.25) is 9.36 Å². The van der Waals surface area contributed by atoms with Crippen molar-refractivity contribution in [3.8, 4) is 0 Å². The maximum Gasteiger partial charge on any atom is 0.350 e. The van der Waals surface area contributed by atoms with E-state index in [4.69, 9.17) is 9.84 Å². The van der Waals surface area contributed by atoms with E-state index in [-0.39, 0.29) is 6.54 Å². The van der Waals surface area contributed by atoms with Gasteiger partial charge in [-0.1, -0.05) is 24.3 Å². The van der Waals surface area contributed by atoms with E-state index < -0.39 is 42.4 Å². The fourth-order valence-corrected chi connectivity index (χ4v) is 2.81. The first-order chi connectivity index (χ1) is 11.9. The van der Waals surface area contributed by atoms with E-state index in [1.54, 1.807) is 12.1 Å². The zero-order chi connectivity index (χ0) is 18.1. The third-order valence-corrected chi connectivity index (χ3v) is 4.33. The van der Waals surface area contributed by atoms with E-state index in [9.17, 15) is 19.8 Å². The first kappa shape index (κ1) is 17.5. The number of aromatic nitrogens is 3. The number of nitrogens with zero attached hydrogens (tertiary/aromatic N) is 3. The fourth-order valence-electron chi connectivity index (χ4n) is 2.81. The summed E-state index contributed by atoms with van der Waals surface area (Å²) in [6, 6.07) is 7.33. The maximum atomic E-state index is 12.7. The third kappa shape index (κ3) is 3.14. The average Bonchev–Trinajstić information content (AvgIpc) is 2.88. The highest BCUT2D eigenvalue weighted by Gasteiger charge is 2.44. The Kier molecular flexibility index (Phi) is 4.82. The summed E-state index contributed by atoms with van der Waals surface area (Å²) in [7, 11) is 0. The standard InChI is InChI=1S/C16H19N3O6/c1-9-4-2-3-5-10(9)7-18-12(21)6-17-19(16(18)24)15-14(23)13(22)11(8-20)25-15/h2-6,11,13-15,20,22-23H,7-8H2,1H3/t11-,13-,14-,15-/m1/s1. The van der Waals surface area contributed by atoms with Crippen LogP contribution in [0, 0.1) is 6.92 Å². The molecule has 2 heterocycles. The summed E-state index contributed by atoms with van der Waals surface area (Å²) in [4.78, 5) is 24.8. The monoisotopic (exact) mass is 349 g/mol. The molecule has 2 aromatic rings. The smallest absolute Gasteiger partial charge is 0.350 e. The maximum absolute atomic E-state index is 12.7. The van der Waals surface area contributed by atoms with Gasteiger partial charge < -0.3 is 20.1 Å². The molecule has 1 aliphatic rings. The molecule has 134 valence electrons. The van der Waals surface area contributed by atoms with Gasteiger partial charge in [0.2, 0.25) is 0 Å². The quantitative estimate of drug-likeness (QED) is 0.605. The third-order valence-electron chi connectivity index (χ3n) is 4.33. The zero-order valence-electron chi connectivity index (χ0n) is 13.5. The van der Waals surface area contributed by atoms with Gasteiger partial charge in [0.25, 0.3) is 5.56 Å². The van der Waals surface area contributed by atoms with Crippen LogP contribution in [0.5, 0.6) is 0 Å². The first-order valence-corrected chi connectivity index (χ1v) is 7.79. The minimum atomic E-state index is -1.45. The summed E-state index contributed by atoms with van der Waals surface area (Å²) in [5, 5.41) is 32.8. The summed E-state index contributed by atoms with van der Waals surface area (Å²) in [5.41, 5.74) is 0.354. The van der Waals surface area contributed by atoms with E-state index in [0.717, 1.165) is 26.6 Å². The molecule has 3 N–H and O–H groups in total. The molecule has 0 bridgehead atoms. The molecule has 0 aliphatic carbocycles. The predicted octanol–water partition coefficient (Wildman–Crippen LogP) is -1.63. The fraction of sp³-hybridized carbons (Fsp3) is 0.438. The van der Waals surface area contributed by atoms with Crippen molar-refractivity contribution in [2.75, 3.05) is 6.61 Å². The molecule has 0 saturated carbocycles. The van der Waals surface area contributed by atoms with E-state index in [0.29, 0.717) is 0 Å². The molecule has 9 nitrogen and oxygen atoms in total. The van der Waals surface area contributed by atoms with Gasteiger partial charge in [0.15, 0.2) is 6.23 Å². The van der Waals surface area contributed by atoms with Crippen molar-refractivity contribution in [1.82, 2.24) is 14.3 Å². The first-order valence-electron chi connectivity index (χ1n) is 7.79. The summed E-state index contributed by atoms with van der Waals surface area (Å²) in [5.74, 6) is 0. The van der Waals surface area contributed by atoms with Gasteiger partial charge in [0, 0.05) is 0 Å². The molecule has 0 amide bonds. The molecule has 1 aromatic carbocycles. The Bertz CT molecular complexity index is 877. The molecule has 1 fully saturated rings. The normalized spacial score (nSPS) is 26.1. The molecule has 0 unspecified atom stereocenters. The van der Waals surface area contributed by atoms with Crippen molar-refractivity contribution >= 4 is 0 Å². The van der Waals surface area contributed by atoms with Crippen molar-refractivity contribution in [1.29, 1.82) is 0 Å². The lowest BCUT2D eigenvalue weighted by Crippen LogP contribution is -2.45. The molecule has 4 atom stereocenters. The number of rotatable bonds is 4. The van der Waals surface area contributed by atoms with Crippen LogP contribution in [0.25, 0.3) is 0 Å². The number of benzene rings is 1. The molecule has 9 heteroatoms. The topological polar surface area (TPSA) is 127 Å². The van der Waals surface area contributed by atoms with Crippen LogP contribution in [0.4, 0.5) is 0 Å². The highest BCUT2D eigenvalue weighted by atomic mass is 16.6. The number of aliphatic hydroxyl groups is 3. The lowest BCUT2D eigenvalue weighted by molar-refractivity contribution is -0.0624. The minimum Gasteiger partial charge on any atom is -0.394 e. The Hall–Kier alpha value is -2.33. The van der Waals surface area contributed by atoms with Gasteiger partial charge >= 0.3 is 5.69 Å². The van der Waals surface area contributed by atoms with Crippen LogP contribution in [0.1, 0.15) is 17.4 Å². The largest absolute Gasteiger partial charge is 0.394 e. The van der Waals surface area contributed by atoms with Gasteiger partial charge in [-0.2, -0.15) is 9.78 Å².